The predicted molar refractivity (Wildman–Crippen MR) is 128 cm³/mol. The summed E-state index contributed by atoms with van der Waals surface area (Å²) in [6.45, 7) is 1.48. The molecular formula is C22H25N3O5S3. The average Bonchev–Trinajstić information content (AvgIpc) is 3.59. The van der Waals surface area contributed by atoms with E-state index in [9.17, 15) is 13.2 Å². The molecule has 2 saturated heterocycles. The average molecular weight is 508 g/mol. The number of piperidine rings is 1. The van der Waals surface area contributed by atoms with Crippen molar-refractivity contribution in [2.75, 3.05) is 26.7 Å². The van der Waals surface area contributed by atoms with Crippen LogP contribution in [0.1, 0.15) is 25.7 Å². The second-order valence-electron chi connectivity index (χ2n) is 8.16. The van der Waals surface area contributed by atoms with E-state index in [1.807, 2.05) is 18.2 Å². The number of likely N-dealkylation sites (tertiary alicyclic amines) is 1. The molecule has 2 aliphatic heterocycles. The molecule has 0 saturated carbocycles. The van der Waals surface area contributed by atoms with Crippen LogP contribution in [0.25, 0.3) is 10.2 Å². The summed E-state index contributed by atoms with van der Waals surface area (Å²) in [6, 6.07) is 8.46. The van der Waals surface area contributed by atoms with Gasteiger partial charge in [-0.3, -0.25) is 4.79 Å². The number of carbonyl (C=O) groups is 1. The van der Waals surface area contributed by atoms with E-state index < -0.39 is 16.1 Å². The number of sulfonamides is 1. The van der Waals surface area contributed by atoms with Crippen LogP contribution in [0.5, 0.6) is 10.9 Å². The summed E-state index contributed by atoms with van der Waals surface area (Å²) < 4.78 is 40.1. The second kappa shape index (κ2) is 9.21. The number of thiazole rings is 1. The van der Waals surface area contributed by atoms with Crippen LogP contribution >= 0.6 is 22.7 Å². The number of thiophene rings is 1. The third kappa shape index (κ3) is 4.46. The Labute approximate surface area is 200 Å². The molecule has 11 heteroatoms. The van der Waals surface area contributed by atoms with Crippen LogP contribution < -0.4 is 9.47 Å². The molecule has 2 aliphatic rings. The van der Waals surface area contributed by atoms with Crippen LogP contribution in [0, 0.1) is 0 Å². The van der Waals surface area contributed by atoms with Gasteiger partial charge in [0.2, 0.25) is 5.91 Å². The highest BCUT2D eigenvalue weighted by Gasteiger charge is 2.42. The molecule has 0 bridgehead atoms. The number of amides is 1. The van der Waals surface area contributed by atoms with E-state index in [0.717, 1.165) is 16.0 Å². The summed E-state index contributed by atoms with van der Waals surface area (Å²) in [7, 11) is -2.01. The van der Waals surface area contributed by atoms with Gasteiger partial charge in [0.05, 0.1) is 17.3 Å². The number of rotatable bonds is 6. The molecule has 0 spiro atoms. The summed E-state index contributed by atoms with van der Waals surface area (Å²) in [5.41, 5.74) is 0.843. The van der Waals surface area contributed by atoms with Crippen molar-refractivity contribution < 1.29 is 22.7 Å². The molecule has 0 aliphatic carbocycles. The van der Waals surface area contributed by atoms with Crippen molar-refractivity contribution in [3.63, 3.8) is 0 Å². The van der Waals surface area contributed by atoms with Crippen LogP contribution in [0.3, 0.4) is 0 Å². The molecular weight excluding hydrogens is 482 g/mol. The van der Waals surface area contributed by atoms with Gasteiger partial charge in [0.1, 0.15) is 22.1 Å². The minimum atomic E-state index is -3.63. The van der Waals surface area contributed by atoms with Gasteiger partial charge in [0.25, 0.3) is 15.2 Å². The molecule has 0 radical (unpaired) electrons. The van der Waals surface area contributed by atoms with Crippen molar-refractivity contribution >= 4 is 48.8 Å². The first-order valence-corrected chi connectivity index (χ1v) is 14.0. The molecule has 176 valence electrons. The van der Waals surface area contributed by atoms with E-state index in [0.29, 0.717) is 54.7 Å². The van der Waals surface area contributed by atoms with Gasteiger partial charge in [0.15, 0.2) is 0 Å². The first kappa shape index (κ1) is 22.6. The van der Waals surface area contributed by atoms with E-state index in [1.54, 1.807) is 29.5 Å². The highest BCUT2D eigenvalue weighted by molar-refractivity contribution is 7.91. The third-order valence-electron chi connectivity index (χ3n) is 6.14. The minimum Gasteiger partial charge on any atom is -0.497 e. The van der Waals surface area contributed by atoms with Gasteiger partial charge in [-0.1, -0.05) is 17.4 Å². The first-order chi connectivity index (χ1) is 16.0. The smallest absolute Gasteiger partial charge is 0.274 e. The lowest BCUT2D eigenvalue weighted by Gasteiger charge is -2.34. The molecule has 1 aromatic carbocycles. The molecule has 33 heavy (non-hydrogen) atoms. The number of nitrogens with zero attached hydrogens (tertiary/aromatic N) is 3. The molecule has 0 N–H and O–H groups in total. The quantitative estimate of drug-likeness (QED) is 0.507. The molecule has 1 atom stereocenters. The molecule has 1 amide bonds. The zero-order valence-corrected chi connectivity index (χ0v) is 20.6. The highest BCUT2D eigenvalue weighted by Crippen LogP contribution is 2.33. The Morgan fingerprint density at radius 3 is 2.70 bits per heavy atom. The Morgan fingerprint density at radius 1 is 1.15 bits per heavy atom. The number of aromatic nitrogens is 1. The summed E-state index contributed by atoms with van der Waals surface area (Å²) in [5.74, 6) is 0.659. The Kier molecular flexibility index (Phi) is 6.30. The maximum Gasteiger partial charge on any atom is 0.274 e. The van der Waals surface area contributed by atoms with Crippen molar-refractivity contribution in [1.82, 2.24) is 14.2 Å². The maximum atomic E-state index is 13.2. The zero-order chi connectivity index (χ0) is 23.0. The number of benzene rings is 1. The van der Waals surface area contributed by atoms with E-state index in [-0.39, 0.29) is 12.0 Å². The van der Waals surface area contributed by atoms with Crippen LogP contribution in [-0.4, -0.2) is 67.4 Å². The summed E-state index contributed by atoms with van der Waals surface area (Å²) in [6.07, 6.45) is 2.62. The van der Waals surface area contributed by atoms with Crippen molar-refractivity contribution in [2.45, 2.75) is 42.0 Å². The lowest BCUT2D eigenvalue weighted by atomic mass is 10.1. The zero-order valence-electron chi connectivity index (χ0n) is 18.2. The fraction of sp³-hybridized carbons (Fsp3) is 0.455. The Morgan fingerprint density at radius 2 is 1.97 bits per heavy atom. The van der Waals surface area contributed by atoms with Crippen LogP contribution in [0.15, 0.2) is 39.9 Å². The van der Waals surface area contributed by atoms with Crippen LogP contribution in [-0.2, 0) is 14.8 Å². The van der Waals surface area contributed by atoms with Gasteiger partial charge in [-0.05, 0) is 36.4 Å². The van der Waals surface area contributed by atoms with Gasteiger partial charge >= 0.3 is 0 Å². The topological polar surface area (TPSA) is 89.0 Å². The van der Waals surface area contributed by atoms with Crippen LogP contribution in [0.2, 0.25) is 0 Å². The normalized spacial score (nSPS) is 20.4. The van der Waals surface area contributed by atoms with E-state index in [4.69, 9.17) is 9.47 Å². The summed E-state index contributed by atoms with van der Waals surface area (Å²) >= 11 is 2.69. The molecule has 4 heterocycles. The fourth-order valence-corrected chi connectivity index (χ4v) is 8.04. The molecule has 5 rings (SSSR count). The van der Waals surface area contributed by atoms with Gasteiger partial charge in [0, 0.05) is 38.5 Å². The fourth-order valence-electron chi connectivity index (χ4n) is 4.41. The summed E-state index contributed by atoms with van der Waals surface area (Å²) in [5, 5.41) is 2.36. The number of hydrogen-bond donors (Lipinski definition) is 0. The predicted octanol–water partition coefficient (Wildman–Crippen LogP) is 3.59. The SMILES string of the molecule is COc1ccc2sc(OC3CCN(C(=O)C4CCCN4S(=O)(=O)c4cccs4)CC3)nc2c1. The van der Waals surface area contributed by atoms with E-state index >= 15 is 0 Å². The molecule has 2 fully saturated rings. The Hall–Kier alpha value is -2.21. The number of methoxy groups -OCH3 is 1. The monoisotopic (exact) mass is 507 g/mol. The number of hydrogen-bond acceptors (Lipinski definition) is 8. The third-order valence-corrected chi connectivity index (χ3v) is 10.4. The van der Waals surface area contributed by atoms with Crippen molar-refractivity contribution in [3.05, 3.63) is 35.7 Å². The number of ether oxygens (including phenoxy) is 2. The van der Waals surface area contributed by atoms with Crippen molar-refractivity contribution in [1.29, 1.82) is 0 Å². The van der Waals surface area contributed by atoms with Gasteiger partial charge in [-0.15, -0.1) is 11.3 Å². The number of carbonyl (C=O) groups excluding carboxylic acids is 1. The van der Waals surface area contributed by atoms with Gasteiger partial charge in [-0.25, -0.2) is 13.4 Å². The van der Waals surface area contributed by atoms with Crippen molar-refractivity contribution in [2.24, 2.45) is 0 Å². The van der Waals surface area contributed by atoms with Gasteiger partial charge in [-0.2, -0.15) is 4.31 Å². The maximum absolute atomic E-state index is 13.2. The lowest BCUT2D eigenvalue weighted by molar-refractivity contribution is -0.136. The highest BCUT2D eigenvalue weighted by atomic mass is 32.2. The Balaban J connectivity index is 1.20. The Bertz CT molecular complexity index is 1230. The summed E-state index contributed by atoms with van der Waals surface area (Å²) in [4.78, 5) is 19.6. The standard InChI is InChI=1S/C22H25N3O5S3/c1-29-16-6-7-19-17(14-16)23-22(32-19)30-15-8-11-24(12-9-15)21(26)18-4-2-10-25(18)33(27,28)20-5-3-13-31-20/h3,5-7,13-15,18H,2,4,8-12H2,1H3. The van der Waals surface area contributed by atoms with Gasteiger partial charge < -0.3 is 14.4 Å². The molecule has 8 nitrogen and oxygen atoms in total. The van der Waals surface area contributed by atoms with Crippen LogP contribution in [0.4, 0.5) is 0 Å². The largest absolute Gasteiger partial charge is 0.497 e. The first-order valence-electron chi connectivity index (χ1n) is 10.9. The van der Waals surface area contributed by atoms with Crippen molar-refractivity contribution in [3.8, 4) is 10.9 Å². The minimum absolute atomic E-state index is 0.0222. The second-order valence-corrected chi connectivity index (χ2v) is 12.2. The molecule has 1 unspecified atom stereocenters. The molecule has 2 aromatic heterocycles. The number of fused-ring (bicyclic) bond motifs is 1. The molecule has 3 aromatic rings. The lowest BCUT2D eigenvalue weighted by Crippen LogP contribution is -2.50. The van der Waals surface area contributed by atoms with E-state index in [2.05, 4.69) is 4.98 Å². The van der Waals surface area contributed by atoms with E-state index in [1.165, 1.54) is 27.0 Å².